The Morgan fingerprint density at radius 1 is 1.00 bits per heavy atom. The molecule has 13 heteroatoms. The number of carbonyl (C=O) groups is 3. The SMILES string of the molecule is CCCC(=O)OCc1c(CO)cc2n(c1=O)Cc1cc3c(CN(C)C)c(OC(=O)N4CCN(C(=O)OC(C)(C)C)CC4)ccc3nc1-2. The number of pyridine rings is 2. The van der Waals surface area contributed by atoms with Crippen molar-refractivity contribution in [3.63, 3.8) is 0 Å². The summed E-state index contributed by atoms with van der Waals surface area (Å²) in [6, 6.07) is 7.21. The average Bonchev–Trinajstić information content (AvgIpc) is 3.37. The summed E-state index contributed by atoms with van der Waals surface area (Å²) in [5, 5.41) is 10.9. The van der Waals surface area contributed by atoms with Gasteiger partial charge in [-0.05, 0) is 71.1 Å². The van der Waals surface area contributed by atoms with Gasteiger partial charge in [-0.3, -0.25) is 9.59 Å². The van der Waals surface area contributed by atoms with E-state index in [1.807, 2.05) is 52.8 Å². The predicted octanol–water partition coefficient (Wildman–Crippen LogP) is 3.87. The van der Waals surface area contributed by atoms with Gasteiger partial charge in [-0.2, -0.15) is 0 Å². The topological polar surface area (TPSA) is 144 Å². The van der Waals surface area contributed by atoms with Crippen molar-refractivity contribution < 1.29 is 33.7 Å². The fraction of sp³-hybridized carbons (Fsp3) is 0.500. The maximum absolute atomic E-state index is 13.6. The Balaban J connectivity index is 1.40. The zero-order chi connectivity index (χ0) is 34.0. The van der Waals surface area contributed by atoms with Crippen LogP contribution >= 0.6 is 0 Å². The molecule has 0 saturated carbocycles. The number of carbonyl (C=O) groups excluding carboxylic acids is 3. The highest BCUT2D eigenvalue weighted by Gasteiger charge is 2.30. The highest BCUT2D eigenvalue weighted by Crippen LogP contribution is 2.36. The fourth-order valence-electron chi connectivity index (χ4n) is 5.79. The van der Waals surface area contributed by atoms with Crippen LogP contribution in [0.1, 0.15) is 62.8 Å². The first-order valence-corrected chi connectivity index (χ1v) is 15.9. The number of amides is 2. The van der Waals surface area contributed by atoms with E-state index in [0.717, 1.165) is 16.5 Å². The van der Waals surface area contributed by atoms with Gasteiger partial charge in [-0.15, -0.1) is 0 Å². The number of nitrogens with zero attached hydrogens (tertiary/aromatic N) is 5. The van der Waals surface area contributed by atoms with Gasteiger partial charge in [0.05, 0.1) is 35.6 Å². The number of fused-ring (bicyclic) bond motifs is 4. The fourth-order valence-corrected chi connectivity index (χ4v) is 5.79. The van der Waals surface area contributed by atoms with Crippen LogP contribution < -0.4 is 10.3 Å². The van der Waals surface area contributed by atoms with E-state index < -0.39 is 23.8 Å². The van der Waals surface area contributed by atoms with Crippen molar-refractivity contribution in [3.8, 4) is 17.1 Å². The number of hydrogen-bond donors (Lipinski definition) is 1. The lowest BCUT2D eigenvalue weighted by Gasteiger charge is -2.35. The Hall–Kier alpha value is -4.49. The Bertz CT molecular complexity index is 1750. The molecule has 2 aliphatic rings. The molecule has 0 bridgehead atoms. The van der Waals surface area contributed by atoms with Gasteiger partial charge in [-0.25, -0.2) is 14.6 Å². The summed E-state index contributed by atoms with van der Waals surface area (Å²) in [6.45, 7) is 8.72. The minimum absolute atomic E-state index is 0.211. The molecular formula is C34H43N5O8. The van der Waals surface area contributed by atoms with Crippen LogP contribution in [0.5, 0.6) is 5.75 Å². The Morgan fingerprint density at radius 2 is 1.68 bits per heavy atom. The Kier molecular flexibility index (Phi) is 9.87. The van der Waals surface area contributed by atoms with Crippen LogP contribution in [0.15, 0.2) is 29.1 Å². The molecule has 0 aliphatic carbocycles. The number of piperazine rings is 1. The number of aliphatic hydroxyl groups excluding tert-OH is 1. The molecular weight excluding hydrogens is 606 g/mol. The third-order valence-electron chi connectivity index (χ3n) is 8.07. The number of ether oxygens (including phenoxy) is 3. The normalized spacial score (nSPS) is 14.3. The highest BCUT2D eigenvalue weighted by molar-refractivity contribution is 5.89. The molecule has 0 spiro atoms. The Morgan fingerprint density at radius 3 is 2.30 bits per heavy atom. The van der Waals surface area contributed by atoms with Crippen LogP contribution in [0.2, 0.25) is 0 Å². The van der Waals surface area contributed by atoms with Crippen molar-refractivity contribution >= 4 is 29.1 Å². The lowest BCUT2D eigenvalue weighted by Crippen LogP contribution is -2.52. The first-order valence-electron chi connectivity index (χ1n) is 15.9. The number of aliphatic hydroxyl groups is 1. The first-order chi connectivity index (χ1) is 22.3. The molecule has 13 nitrogen and oxygen atoms in total. The van der Waals surface area contributed by atoms with Crippen LogP contribution in [0.4, 0.5) is 9.59 Å². The molecule has 3 aromatic rings. The quantitative estimate of drug-likeness (QED) is 0.280. The van der Waals surface area contributed by atoms with Gasteiger partial charge >= 0.3 is 18.2 Å². The van der Waals surface area contributed by atoms with Gasteiger partial charge < -0.3 is 38.6 Å². The molecule has 47 heavy (non-hydrogen) atoms. The summed E-state index contributed by atoms with van der Waals surface area (Å²) >= 11 is 0. The summed E-state index contributed by atoms with van der Waals surface area (Å²) in [5.74, 6) is 0.00410. The second kappa shape index (κ2) is 13.7. The van der Waals surface area contributed by atoms with Crippen LogP contribution in [-0.4, -0.2) is 93.4 Å². The molecule has 0 radical (unpaired) electrons. The Labute approximate surface area is 273 Å². The van der Waals surface area contributed by atoms with Gasteiger partial charge in [0.25, 0.3) is 5.56 Å². The van der Waals surface area contributed by atoms with Gasteiger partial charge in [0.1, 0.15) is 18.0 Å². The number of benzene rings is 1. The maximum atomic E-state index is 13.6. The van der Waals surface area contributed by atoms with E-state index in [2.05, 4.69) is 0 Å². The molecule has 1 fully saturated rings. The first kappa shape index (κ1) is 33.9. The third-order valence-corrected chi connectivity index (χ3v) is 8.07. The van der Waals surface area contributed by atoms with Gasteiger partial charge in [0.2, 0.25) is 0 Å². The van der Waals surface area contributed by atoms with E-state index in [1.54, 1.807) is 32.6 Å². The molecule has 0 atom stereocenters. The second-order valence-electron chi connectivity index (χ2n) is 13.2. The number of rotatable bonds is 8. The molecule has 1 N–H and O–H groups in total. The van der Waals surface area contributed by atoms with Crippen molar-refractivity contribution in [2.45, 2.75) is 72.4 Å². The molecule has 1 saturated heterocycles. The summed E-state index contributed by atoms with van der Waals surface area (Å²) in [6.07, 6.45) is -0.0329. The molecule has 1 aromatic carbocycles. The van der Waals surface area contributed by atoms with Crippen LogP contribution in [0, 0.1) is 0 Å². The lowest BCUT2D eigenvalue weighted by molar-refractivity contribution is -0.145. The van der Waals surface area contributed by atoms with Crippen molar-refractivity contribution in [3.05, 3.63) is 56.9 Å². The van der Waals surface area contributed by atoms with Gasteiger partial charge in [-0.1, -0.05) is 6.92 Å². The molecule has 2 amide bonds. The van der Waals surface area contributed by atoms with E-state index in [-0.39, 0.29) is 37.3 Å². The molecule has 2 aliphatic heterocycles. The van der Waals surface area contributed by atoms with Gasteiger partial charge in [0.15, 0.2) is 0 Å². The van der Waals surface area contributed by atoms with E-state index in [1.165, 1.54) is 0 Å². The predicted molar refractivity (Wildman–Crippen MR) is 174 cm³/mol. The van der Waals surface area contributed by atoms with E-state index >= 15 is 0 Å². The summed E-state index contributed by atoms with van der Waals surface area (Å²) in [5.41, 5.74) is 3.14. The average molecular weight is 650 g/mol. The van der Waals surface area contributed by atoms with Crippen molar-refractivity contribution in [1.82, 2.24) is 24.3 Å². The standard InChI is InChI=1S/C34H43N5O8/c1-7-8-29(41)45-20-25-22(19-40)16-27-30-21(17-39(27)31(25)42)15-23-24(18-36(5)6)28(10-9-26(23)35-30)46-32(43)37-11-13-38(14-12-37)33(44)47-34(2,3)4/h9-10,15-16,40H,7-8,11-14,17-20H2,1-6H3. The zero-order valence-corrected chi connectivity index (χ0v) is 27.9. The minimum atomic E-state index is -0.602. The lowest BCUT2D eigenvalue weighted by atomic mass is 10.0. The largest absolute Gasteiger partial charge is 0.461 e. The molecule has 5 rings (SSSR count). The van der Waals surface area contributed by atoms with E-state index in [0.29, 0.717) is 67.4 Å². The smallest absolute Gasteiger partial charge is 0.415 e. The number of aromatic nitrogens is 2. The second-order valence-corrected chi connectivity index (χ2v) is 13.2. The van der Waals surface area contributed by atoms with Crippen molar-refractivity contribution in [2.75, 3.05) is 40.3 Å². The van der Waals surface area contributed by atoms with E-state index in [4.69, 9.17) is 19.2 Å². The van der Waals surface area contributed by atoms with Crippen molar-refractivity contribution in [2.24, 2.45) is 0 Å². The van der Waals surface area contributed by atoms with Crippen LogP contribution in [-0.2, 0) is 40.6 Å². The molecule has 0 unspecified atom stereocenters. The van der Waals surface area contributed by atoms with Crippen molar-refractivity contribution in [1.29, 1.82) is 0 Å². The maximum Gasteiger partial charge on any atom is 0.415 e. The van der Waals surface area contributed by atoms with Gasteiger partial charge in [0, 0.05) is 55.7 Å². The zero-order valence-electron chi connectivity index (χ0n) is 27.9. The van der Waals surface area contributed by atoms with Crippen LogP contribution in [0.3, 0.4) is 0 Å². The minimum Gasteiger partial charge on any atom is -0.461 e. The number of hydrogen-bond acceptors (Lipinski definition) is 10. The van der Waals surface area contributed by atoms with E-state index in [9.17, 15) is 24.3 Å². The summed E-state index contributed by atoms with van der Waals surface area (Å²) < 4.78 is 18.3. The molecule has 2 aromatic heterocycles. The highest BCUT2D eigenvalue weighted by atomic mass is 16.6. The molecule has 252 valence electrons. The summed E-state index contributed by atoms with van der Waals surface area (Å²) in [4.78, 5) is 61.4. The molecule has 4 heterocycles. The monoisotopic (exact) mass is 649 g/mol. The van der Waals surface area contributed by atoms with Crippen LogP contribution in [0.25, 0.3) is 22.3 Å². The number of esters is 1. The summed E-state index contributed by atoms with van der Waals surface area (Å²) in [7, 11) is 3.84. The third kappa shape index (κ3) is 7.41.